The zero-order chi connectivity index (χ0) is 13.8. The molecular weight excluding hydrogens is 294 g/mol. The Hall–Kier alpha value is -1.48. The Balaban J connectivity index is 1.87. The van der Waals surface area contributed by atoms with Crippen molar-refractivity contribution in [2.24, 2.45) is 0 Å². The fourth-order valence-electron chi connectivity index (χ4n) is 1.97. The highest BCUT2D eigenvalue weighted by Gasteiger charge is 2.18. The Bertz CT molecular complexity index is 554. The molecule has 0 radical (unpaired) electrons. The molecule has 0 aliphatic carbocycles. The second-order valence-corrected chi connectivity index (χ2v) is 6.32. The summed E-state index contributed by atoms with van der Waals surface area (Å²) in [5.41, 5.74) is 1.70. The van der Waals surface area contributed by atoms with Crippen LogP contribution in [-0.2, 0) is 0 Å². The molecule has 0 saturated carbocycles. The van der Waals surface area contributed by atoms with Gasteiger partial charge in [0.05, 0.1) is 0 Å². The quantitative estimate of drug-likeness (QED) is 0.897. The van der Waals surface area contributed by atoms with Gasteiger partial charge in [-0.15, -0.1) is 10.2 Å². The maximum Gasteiger partial charge on any atom is 0.231 e. The van der Waals surface area contributed by atoms with Gasteiger partial charge < -0.3 is 10.2 Å². The van der Waals surface area contributed by atoms with Gasteiger partial charge in [0.1, 0.15) is 5.51 Å². The lowest BCUT2D eigenvalue weighted by Gasteiger charge is -2.16. The highest BCUT2D eigenvalue weighted by molar-refractivity contribution is 8.00. The van der Waals surface area contributed by atoms with E-state index >= 15 is 0 Å². The molecule has 7 nitrogen and oxygen atoms in total. The van der Waals surface area contributed by atoms with Gasteiger partial charge in [-0.05, 0) is 31.5 Å². The van der Waals surface area contributed by atoms with Gasteiger partial charge in [0, 0.05) is 19.6 Å². The number of hydrogen-bond acceptors (Lipinski definition) is 9. The van der Waals surface area contributed by atoms with E-state index < -0.39 is 0 Å². The highest BCUT2D eigenvalue weighted by Crippen LogP contribution is 2.28. The molecule has 1 aliphatic rings. The number of hydrogen-bond donors (Lipinski definition) is 1. The maximum atomic E-state index is 4.54. The summed E-state index contributed by atoms with van der Waals surface area (Å²) in [5, 5.41) is 11.7. The molecule has 20 heavy (non-hydrogen) atoms. The van der Waals surface area contributed by atoms with Gasteiger partial charge >= 0.3 is 0 Å². The van der Waals surface area contributed by atoms with E-state index in [0.717, 1.165) is 29.9 Å². The van der Waals surface area contributed by atoms with Gasteiger partial charge in [0.2, 0.25) is 17.1 Å². The minimum Gasteiger partial charge on any atom is -0.354 e. The molecule has 3 heterocycles. The lowest BCUT2D eigenvalue weighted by atomic mass is 10.4. The minimum absolute atomic E-state index is 0.622. The van der Waals surface area contributed by atoms with Crippen molar-refractivity contribution >= 4 is 35.0 Å². The summed E-state index contributed by atoms with van der Waals surface area (Å²) in [7, 11) is 0. The average molecular weight is 309 g/mol. The predicted octanol–water partition coefficient (Wildman–Crippen LogP) is 1.91. The van der Waals surface area contributed by atoms with Gasteiger partial charge in [-0.25, -0.2) is 0 Å². The third kappa shape index (κ3) is 3.15. The van der Waals surface area contributed by atoms with E-state index in [1.807, 2.05) is 6.92 Å². The third-order valence-electron chi connectivity index (χ3n) is 2.85. The van der Waals surface area contributed by atoms with Crippen LogP contribution in [0.1, 0.15) is 19.8 Å². The van der Waals surface area contributed by atoms with Crippen LogP contribution in [0.25, 0.3) is 0 Å². The molecule has 1 fully saturated rings. The number of rotatable bonds is 5. The first-order valence-electron chi connectivity index (χ1n) is 6.54. The minimum atomic E-state index is 0.622. The number of anilines is 2. The normalized spacial score (nSPS) is 14.8. The van der Waals surface area contributed by atoms with Crippen LogP contribution in [0.3, 0.4) is 0 Å². The second kappa shape index (κ2) is 6.31. The largest absolute Gasteiger partial charge is 0.354 e. The predicted molar refractivity (Wildman–Crippen MR) is 79.5 cm³/mol. The Morgan fingerprint density at radius 1 is 1.30 bits per heavy atom. The van der Waals surface area contributed by atoms with Crippen molar-refractivity contribution in [2.75, 3.05) is 29.9 Å². The van der Waals surface area contributed by atoms with Crippen LogP contribution in [0.15, 0.2) is 15.0 Å². The molecule has 106 valence electrons. The molecule has 1 N–H and O–H groups in total. The maximum absolute atomic E-state index is 4.54. The Morgan fingerprint density at radius 3 is 2.85 bits per heavy atom. The first kappa shape index (κ1) is 13.5. The fourth-order valence-corrected chi connectivity index (χ4v) is 3.30. The van der Waals surface area contributed by atoms with E-state index in [-0.39, 0.29) is 0 Å². The second-order valence-electron chi connectivity index (χ2n) is 4.27. The molecule has 2 aromatic rings. The molecule has 2 aromatic heterocycles. The smallest absolute Gasteiger partial charge is 0.231 e. The van der Waals surface area contributed by atoms with Crippen molar-refractivity contribution in [3.63, 3.8) is 0 Å². The molecule has 3 rings (SSSR count). The van der Waals surface area contributed by atoms with E-state index in [1.54, 1.807) is 5.51 Å². The lowest BCUT2D eigenvalue weighted by molar-refractivity contribution is 0.825. The molecule has 0 unspecified atom stereocenters. The standard InChI is InChI=1S/C11H15N7S2/c1-2-12-8-14-9(18-5-3-4-6-18)16-10(15-8)20-11-17-13-7-19-11/h7H,2-6H2,1H3,(H,12,14,15,16). The van der Waals surface area contributed by atoms with E-state index in [2.05, 4.69) is 35.4 Å². The van der Waals surface area contributed by atoms with Crippen molar-refractivity contribution in [2.45, 2.75) is 29.3 Å². The van der Waals surface area contributed by atoms with Gasteiger partial charge in [-0.2, -0.15) is 15.0 Å². The zero-order valence-corrected chi connectivity index (χ0v) is 12.7. The van der Waals surface area contributed by atoms with Crippen molar-refractivity contribution < 1.29 is 0 Å². The summed E-state index contributed by atoms with van der Waals surface area (Å²) in [6.07, 6.45) is 2.39. The van der Waals surface area contributed by atoms with E-state index in [4.69, 9.17) is 0 Å². The first-order valence-corrected chi connectivity index (χ1v) is 8.23. The fraction of sp³-hybridized carbons (Fsp3) is 0.545. The summed E-state index contributed by atoms with van der Waals surface area (Å²) >= 11 is 2.90. The van der Waals surface area contributed by atoms with Crippen LogP contribution < -0.4 is 10.2 Å². The van der Waals surface area contributed by atoms with Gasteiger partial charge in [0.25, 0.3) is 0 Å². The van der Waals surface area contributed by atoms with Crippen LogP contribution in [0.2, 0.25) is 0 Å². The molecule has 9 heteroatoms. The molecule has 0 spiro atoms. The zero-order valence-electron chi connectivity index (χ0n) is 11.1. The van der Waals surface area contributed by atoms with Crippen LogP contribution in [0.4, 0.5) is 11.9 Å². The van der Waals surface area contributed by atoms with Crippen LogP contribution >= 0.6 is 23.1 Å². The Labute approximate surface area is 125 Å². The number of nitrogens with one attached hydrogen (secondary N) is 1. The number of aromatic nitrogens is 5. The van der Waals surface area contributed by atoms with Crippen LogP contribution in [0.5, 0.6) is 0 Å². The van der Waals surface area contributed by atoms with Gasteiger partial charge in [-0.3, -0.25) is 0 Å². The summed E-state index contributed by atoms with van der Waals surface area (Å²) in [6.45, 7) is 4.83. The van der Waals surface area contributed by atoms with Crippen molar-refractivity contribution in [1.82, 2.24) is 25.1 Å². The summed E-state index contributed by atoms with van der Waals surface area (Å²) < 4.78 is 0.839. The molecular formula is C11H15N7S2. The molecule has 0 bridgehead atoms. The first-order chi connectivity index (χ1) is 9.85. The highest BCUT2D eigenvalue weighted by atomic mass is 32.2. The van der Waals surface area contributed by atoms with E-state index in [9.17, 15) is 0 Å². The van der Waals surface area contributed by atoms with Crippen molar-refractivity contribution in [3.8, 4) is 0 Å². The topological polar surface area (TPSA) is 79.7 Å². The SMILES string of the molecule is CCNc1nc(Sc2nncs2)nc(N2CCCC2)n1. The number of nitrogens with zero attached hydrogens (tertiary/aromatic N) is 6. The monoisotopic (exact) mass is 309 g/mol. The molecule has 1 aliphatic heterocycles. The van der Waals surface area contributed by atoms with Gasteiger partial charge in [0.15, 0.2) is 4.34 Å². The van der Waals surface area contributed by atoms with Gasteiger partial charge in [-0.1, -0.05) is 11.3 Å². The van der Waals surface area contributed by atoms with Crippen LogP contribution in [-0.4, -0.2) is 44.8 Å². The summed E-state index contributed by atoms with van der Waals surface area (Å²) in [4.78, 5) is 15.6. The average Bonchev–Trinajstić information content (AvgIpc) is 3.11. The molecule has 1 saturated heterocycles. The lowest BCUT2D eigenvalue weighted by Crippen LogP contribution is -2.21. The van der Waals surface area contributed by atoms with E-state index in [0.29, 0.717) is 11.1 Å². The Kier molecular flexibility index (Phi) is 4.26. The third-order valence-corrected chi connectivity index (χ3v) is 4.49. The van der Waals surface area contributed by atoms with E-state index in [1.165, 1.54) is 35.9 Å². The Morgan fingerprint density at radius 2 is 2.15 bits per heavy atom. The molecule has 0 aromatic carbocycles. The summed E-state index contributed by atoms with van der Waals surface area (Å²) in [6, 6.07) is 0. The summed E-state index contributed by atoms with van der Waals surface area (Å²) in [5.74, 6) is 1.37. The van der Waals surface area contributed by atoms with Crippen molar-refractivity contribution in [1.29, 1.82) is 0 Å². The van der Waals surface area contributed by atoms with Crippen molar-refractivity contribution in [3.05, 3.63) is 5.51 Å². The molecule has 0 atom stereocenters. The van der Waals surface area contributed by atoms with Crippen LogP contribution in [0, 0.1) is 0 Å². The molecule has 0 amide bonds.